The fourth-order valence-electron chi connectivity index (χ4n) is 4.02. The zero-order valence-electron chi connectivity index (χ0n) is 19.6. The molecule has 0 aliphatic carbocycles. The normalized spacial score (nSPS) is 14.0. The van der Waals surface area contributed by atoms with Gasteiger partial charge in [-0.2, -0.15) is 5.26 Å². The topological polar surface area (TPSA) is 115 Å². The minimum absolute atomic E-state index is 0.221. The van der Waals surface area contributed by atoms with Gasteiger partial charge in [-0.1, -0.05) is 12.1 Å². The van der Waals surface area contributed by atoms with Crippen molar-refractivity contribution in [2.24, 2.45) is 0 Å². The Hall–Kier alpha value is -3.44. The van der Waals surface area contributed by atoms with Gasteiger partial charge in [-0.15, -0.1) is 0 Å². The molecule has 1 aromatic heterocycles. The molecule has 1 aliphatic rings. The molecular formula is C25H26N5O3PS. The van der Waals surface area contributed by atoms with E-state index in [1.165, 1.54) is 12.1 Å². The Morgan fingerprint density at radius 1 is 1.23 bits per heavy atom. The van der Waals surface area contributed by atoms with E-state index in [9.17, 15) is 18.2 Å². The molecule has 3 aromatic rings. The highest BCUT2D eigenvalue weighted by Gasteiger charge is 2.24. The molecule has 10 heteroatoms. The van der Waals surface area contributed by atoms with Crippen LogP contribution in [-0.4, -0.2) is 44.4 Å². The predicted octanol–water partition coefficient (Wildman–Crippen LogP) is 3.59. The first kappa shape index (κ1) is 24.7. The van der Waals surface area contributed by atoms with E-state index < -0.39 is 17.3 Å². The lowest BCUT2D eigenvalue weighted by Gasteiger charge is -2.28. The maximum atomic E-state index is 11.8. The molecule has 0 saturated carbocycles. The Kier molecular flexibility index (Phi) is 7.08. The second kappa shape index (κ2) is 10.0. The van der Waals surface area contributed by atoms with Gasteiger partial charge in [-0.25, -0.2) is 13.4 Å². The van der Waals surface area contributed by atoms with Crippen LogP contribution in [0.1, 0.15) is 22.4 Å². The molecule has 1 unspecified atom stereocenters. The molecule has 180 valence electrons. The number of hydrogen-bond donors (Lipinski definition) is 2. The summed E-state index contributed by atoms with van der Waals surface area (Å²) in [7, 11) is -2.96. The Morgan fingerprint density at radius 2 is 1.97 bits per heavy atom. The Morgan fingerprint density at radius 3 is 2.63 bits per heavy atom. The summed E-state index contributed by atoms with van der Waals surface area (Å²) in [6, 6.07) is 16.1. The van der Waals surface area contributed by atoms with Crippen molar-refractivity contribution in [1.82, 2.24) is 9.88 Å². The molecule has 0 saturated heterocycles. The van der Waals surface area contributed by atoms with E-state index >= 15 is 0 Å². The van der Waals surface area contributed by atoms with Gasteiger partial charge in [-0.05, 0) is 55.3 Å². The van der Waals surface area contributed by atoms with Gasteiger partial charge in [0.05, 0.1) is 16.3 Å². The molecule has 0 radical (unpaired) electrons. The van der Waals surface area contributed by atoms with Gasteiger partial charge >= 0.3 is 0 Å². The zero-order valence-corrected chi connectivity index (χ0v) is 21.3. The lowest BCUT2D eigenvalue weighted by molar-refractivity contribution is 0.310. The van der Waals surface area contributed by atoms with Gasteiger partial charge in [-0.3, -0.25) is 4.57 Å². The van der Waals surface area contributed by atoms with E-state index in [2.05, 4.69) is 27.9 Å². The first-order valence-electron chi connectivity index (χ1n) is 11.0. The predicted molar refractivity (Wildman–Crippen MR) is 140 cm³/mol. The fourth-order valence-corrected chi connectivity index (χ4v) is 5.22. The number of fused-ring (bicyclic) bond motifs is 1. The number of nitrogens with one attached hydrogen (secondary N) is 2. The van der Waals surface area contributed by atoms with E-state index in [0.717, 1.165) is 36.0 Å². The molecule has 1 atom stereocenters. The van der Waals surface area contributed by atoms with Crippen LogP contribution in [0.15, 0.2) is 53.4 Å². The van der Waals surface area contributed by atoms with E-state index in [0.29, 0.717) is 41.2 Å². The number of likely N-dealkylation sites (N-methyl/N-ethyl adjacent to an activating group) is 1. The van der Waals surface area contributed by atoms with Crippen molar-refractivity contribution in [1.29, 1.82) is 5.26 Å². The lowest BCUT2D eigenvalue weighted by atomic mass is 10.00. The summed E-state index contributed by atoms with van der Waals surface area (Å²) in [6.45, 7) is 1.95. The SMILES string of the molecule is C=P(=O)c1cccc(CNc2c(C#N)c(Nc3ccc(S(C)(=O)=O)cc3)nc3c2CN(C)CC3)c1. The van der Waals surface area contributed by atoms with Crippen molar-refractivity contribution in [2.75, 3.05) is 30.5 Å². The molecule has 4 rings (SSSR count). The second-order valence-electron chi connectivity index (χ2n) is 8.56. The van der Waals surface area contributed by atoms with E-state index in [4.69, 9.17) is 4.98 Å². The zero-order chi connectivity index (χ0) is 25.2. The van der Waals surface area contributed by atoms with Crippen LogP contribution in [-0.2, 0) is 33.9 Å². The number of hydrogen-bond acceptors (Lipinski definition) is 8. The Labute approximate surface area is 206 Å². The van der Waals surface area contributed by atoms with Crippen molar-refractivity contribution in [3.05, 3.63) is 70.9 Å². The molecule has 0 fully saturated rings. The summed E-state index contributed by atoms with van der Waals surface area (Å²) in [5.41, 5.74) is 4.54. The van der Waals surface area contributed by atoms with Crippen LogP contribution in [0.3, 0.4) is 0 Å². The number of pyridine rings is 1. The van der Waals surface area contributed by atoms with Crippen molar-refractivity contribution in [3.8, 4) is 6.07 Å². The number of anilines is 3. The highest BCUT2D eigenvalue weighted by atomic mass is 32.2. The molecule has 1 aliphatic heterocycles. The highest BCUT2D eigenvalue weighted by molar-refractivity contribution is 7.90. The summed E-state index contributed by atoms with van der Waals surface area (Å²) in [5.74, 6) is 0.417. The van der Waals surface area contributed by atoms with E-state index in [-0.39, 0.29) is 4.90 Å². The molecule has 2 N–H and O–H groups in total. The van der Waals surface area contributed by atoms with Gasteiger partial charge < -0.3 is 15.5 Å². The molecule has 35 heavy (non-hydrogen) atoms. The number of nitriles is 1. The third kappa shape index (κ3) is 5.63. The maximum Gasteiger partial charge on any atom is 0.175 e. The number of aromatic nitrogens is 1. The van der Waals surface area contributed by atoms with Crippen molar-refractivity contribution in [2.45, 2.75) is 24.4 Å². The Balaban J connectivity index is 1.71. The van der Waals surface area contributed by atoms with E-state index in [1.54, 1.807) is 18.2 Å². The number of nitrogens with zero attached hydrogens (tertiary/aromatic N) is 3. The molecule has 2 aromatic carbocycles. The molecule has 0 amide bonds. The van der Waals surface area contributed by atoms with Gasteiger partial charge in [0.2, 0.25) is 0 Å². The van der Waals surface area contributed by atoms with Crippen LogP contribution in [0.25, 0.3) is 0 Å². The smallest absolute Gasteiger partial charge is 0.175 e. The lowest BCUT2D eigenvalue weighted by Crippen LogP contribution is -2.29. The molecule has 0 bridgehead atoms. The quantitative estimate of drug-likeness (QED) is 0.467. The minimum atomic E-state index is -3.30. The van der Waals surface area contributed by atoms with Gasteiger partial charge in [0.25, 0.3) is 0 Å². The van der Waals surface area contributed by atoms with Gasteiger partial charge in [0.1, 0.15) is 19.1 Å². The van der Waals surface area contributed by atoms with Crippen LogP contribution < -0.4 is 15.9 Å². The van der Waals surface area contributed by atoms with Gasteiger partial charge in [0.15, 0.2) is 15.7 Å². The summed E-state index contributed by atoms with van der Waals surface area (Å²) in [4.78, 5) is 7.18. The fraction of sp³-hybridized carbons (Fsp3) is 0.240. The van der Waals surface area contributed by atoms with Gasteiger partial charge in [0, 0.05) is 48.9 Å². The number of rotatable bonds is 7. The molecule has 8 nitrogen and oxygen atoms in total. The van der Waals surface area contributed by atoms with Crippen molar-refractivity contribution < 1.29 is 13.0 Å². The van der Waals surface area contributed by atoms with Crippen LogP contribution in [0, 0.1) is 11.3 Å². The third-order valence-corrected chi connectivity index (χ3v) is 7.85. The van der Waals surface area contributed by atoms with Crippen molar-refractivity contribution in [3.63, 3.8) is 0 Å². The first-order chi connectivity index (χ1) is 16.7. The van der Waals surface area contributed by atoms with E-state index in [1.807, 2.05) is 25.2 Å². The summed E-state index contributed by atoms with van der Waals surface area (Å²) in [5, 5.41) is 17.4. The average molecular weight is 508 g/mol. The molecule has 2 heterocycles. The number of sulfone groups is 1. The highest BCUT2D eigenvalue weighted by Crippen LogP contribution is 2.34. The Bertz CT molecular complexity index is 1480. The van der Waals surface area contributed by atoms with Crippen LogP contribution in [0.4, 0.5) is 17.2 Å². The molecular weight excluding hydrogens is 481 g/mol. The van der Waals surface area contributed by atoms with Crippen LogP contribution in [0.2, 0.25) is 0 Å². The minimum Gasteiger partial charge on any atom is -0.379 e. The van der Waals surface area contributed by atoms with Crippen LogP contribution in [0.5, 0.6) is 0 Å². The monoisotopic (exact) mass is 507 g/mol. The van der Waals surface area contributed by atoms with Crippen LogP contribution >= 0.6 is 7.42 Å². The standard InChI is InChI=1S/C25H26N5O3PS/c1-30-12-11-23-22(16-30)24(27-15-17-5-4-6-19(13-17)34(2)31)21(14-26)25(29-23)28-18-7-9-20(10-8-18)35(3,32)33/h4-10,13H,2,11-12,15-16H2,1,3H3,(H2,27,28,29). The largest absolute Gasteiger partial charge is 0.379 e. The second-order valence-corrected chi connectivity index (χ2v) is 11.8. The summed E-state index contributed by atoms with van der Waals surface area (Å²) in [6.07, 6.45) is 5.52. The summed E-state index contributed by atoms with van der Waals surface area (Å²) < 4.78 is 35.4. The number of benzene rings is 2. The first-order valence-corrected chi connectivity index (χ1v) is 14.3. The summed E-state index contributed by atoms with van der Waals surface area (Å²) >= 11 is 0. The molecule has 0 spiro atoms. The average Bonchev–Trinajstić information content (AvgIpc) is 2.82. The third-order valence-electron chi connectivity index (χ3n) is 5.87. The maximum absolute atomic E-state index is 11.8. The van der Waals surface area contributed by atoms with Crippen molar-refractivity contribution >= 4 is 46.1 Å².